The Morgan fingerprint density at radius 3 is 2.65 bits per heavy atom. The minimum atomic E-state index is -0.555. The summed E-state index contributed by atoms with van der Waals surface area (Å²) >= 11 is 0. The first-order valence-corrected chi connectivity index (χ1v) is 6.65. The van der Waals surface area contributed by atoms with Gasteiger partial charge in [-0.1, -0.05) is 6.92 Å². The Bertz CT molecular complexity index is 304. The quantitative estimate of drug-likeness (QED) is 0.702. The van der Waals surface area contributed by atoms with Crippen molar-refractivity contribution >= 4 is 0 Å². The standard InChI is InChI=1S/C13H22O4/c1-7-4-5-9(14)10-8(6-7)11-12(15-10)17-13(2,3)16-11/h7-12,14H,4-6H2,1-3H3/t7-,8-,9-,10-,11-,12-/m1/s1. The summed E-state index contributed by atoms with van der Waals surface area (Å²) in [6.45, 7) is 6.07. The van der Waals surface area contributed by atoms with Gasteiger partial charge in [0.05, 0.1) is 12.2 Å². The van der Waals surface area contributed by atoms with Crippen LogP contribution >= 0.6 is 0 Å². The van der Waals surface area contributed by atoms with E-state index in [1.807, 2.05) is 13.8 Å². The minimum absolute atomic E-state index is 0.00907. The molecule has 3 fully saturated rings. The number of rotatable bonds is 0. The van der Waals surface area contributed by atoms with E-state index in [-0.39, 0.29) is 30.5 Å². The molecule has 0 aromatic carbocycles. The van der Waals surface area contributed by atoms with Gasteiger partial charge < -0.3 is 19.3 Å². The monoisotopic (exact) mass is 242 g/mol. The Kier molecular flexibility index (Phi) is 2.74. The maximum Gasteiger partial charge on any atom is 0.187 e. The van der Waals surface area contributed by atoms with Gasteiger partial charge in [-0.3, -0.25) is 0 Å². The van der Waals surface area contributed by atoms with E-state index >= 15 is 0 Å². The van der Waals surface area contributed by atoms with Crippen molar-refractivity contribution in [2.75, 3.05) is 0 Å². The largest absolute Gasteiger partial charge is 0.390 e. The molecular weight excluding hydrogens is 220 g/mol. The summed E-state index contributed by atoms with van der Waals surface area (Å²) in [6.07, 6.45) is 2.18. The normalized spacial score (nSPS) is 52.9. The third kappa shape index (κ3) is 2.01. The van der Waals surface area contributed by atoms with Gasteiger partial charge in [-0.2, -0.15) is 0 Å². The van der Waals surface area contributed by atoms with Crippen LogP contribution < -0.4 is 0 Å². The van der Waals surface area contributed by atoms with Crippen LogP contribution in [0, 0.1) is 11.8 Å². The average molecular weight is 242 g/mol. The van der Waals surface area contributed by atoms with Gasteiger partial charge in [0.2, 0.25) is 0 Å². The molecule has 1 N–H and O–H groups in total. The van der Waals surface area contributed by atoms with E-state index in [2.05, 4.69) is 6.92 Å². The lowest BCUT2D eigenvalue weighted by Crippen LogP contribution is -2.35. The Balaban J connectivity index is 1.81. The first-order chi connectivity index (χ1) is 7.96. The SMILES string of the molecule is C[C@@H]1CC[C@@H](O)[C@@H]2O[C@@H]3OC(C)(C)O[C@@H]3[C@@H]2C1. The van der Waals surface area contributed by atoms with E-state index in [1.165, 1.54) is 0 Å². The zero-order valence-electron chi connectivity index (χ0n) is 10.8. The zero-order valence-corrected chi connectivity index (χ0v) is 10.8. The van der Waals surface area contributed by atoms with Gasteiger partial charge >= 0.3 is 0 Å². The highest BCUT2D eigenvalue weighted by molar-refractivity contribution is 4.97. The van der Waals surface area contributed by atoms with Crippen molar-refractivity contribution in [1.82, 2.24) is 0 Å². The molecule has 3 aliphatic rings. The van der Waals surface area contributed by atoms with E-state index < -0.39 is 5.79 Å². The first-order valence-electron chi connectivity index (χ1n) is 6.65. The molecule has 0 aromatic heterocycles. The van der Waals surface area contributed by atoms with Crippen LogP contribution in [0.4, 0.5) is 0 Å². The summed E-state index contributed by atoms with van der Waals surface area (Å²) in [5, 5.41) is 10.1. The summed E-state index contributed by atoms with van der Waals surface area (Å²) in [6, 6.07) is 0. The average Bonchev–Trinajstić information content (AvgIpc) is 2.64. The molecule has 4 nitrogen and oxygen atoms in total. The van der Waals surface area contributed by atoms with Crippen molar-refractivity contribution in [1.29, 1.82) is 0 Å². The molecule has 0 unspecified atom stereocenters. The highest BCUT2D eigenvalue weighted by Gasteiger charge is 2.56. The summed E-state index contributed by atoms with van der Waals surface area (Å²) in [5.41, 5.74) is 0. The Morgan fingerprint density at radius 2 is 1.88 bits per heavy atom. The number of ether oxygens (including phenoxy) is 3. The predicted octanol–water partition coefficient (Wildman–Crippen LogP) is 1.66. The van der Waals surface area contributed by atoms with Gasteiger partial charge in [-0.05, 0) is 39.0 Å². The zero-order chi connectivity index (χ0) is 12.2. The Labute approximate surface area is 102 Å². The maximum absolute atomic E-state index is 10.1. The topological polar surface area (TPSA) is 47.9 Å². The second kappa shape index (κ2) is 3.92. The summed E-state index contributed by atoms with van der Waals surface area (Å²) in [7, 11) is 0. The molecule has 0 spiro atoms. The van der Waals surface area contributed by atoms with Crippen LogP contribution in [-0.4, -0.2) is 35.5 Å². The van der Waals surface area contributed by atoms with Gasteiger partial charge in [-0.25, -0.2) is 0 Å². The van der Waals surface area contributed by atoms with Crippen molar-refractivity contribution in [3.63, 3.8) is 0 Å². The minimum Gasteiger partial charge on any atom is -0.390 e. The smallest absolute Gasteiger partial charge is 0.187 e. The number of hydrogen-bond acceptors (Lipinski definition) is 4. The molecule has 98 valence electrons. The lowest BCUT2D eigenvalue weighted by molar-refractivity contribution is -0.220. The van der Waals surface area contributed by atoms with Crippen LogP contribution in [0.3, 0.4) is 0 Å². The van der Waals surface area contributed by atoms with Gasteiger partial charge in [0.25, 0.3) is 0 Å². The first kappa shape index (κ1) is 11.9. The van der Waals surface area contributed by atoms with Crippen LogP contribution in [0.15, 0.2) is 0 Å². The fourth-order valence-corrected chi connectivity index (χ4v) is 3.44. The van der Waals surface area contributed by atoms with Crippen molar-refractivity contribution in [2.24, 2.45) is 11.8 Å². The lowest BCUT2D eigenvalue weighted by Gasteiger charge is -2.26. The van der Waals surface area contributed by atoms with Crippen LogP contribution in [0.2, 0.25) is 0 Å². The molecule has 3 rings (SSSR count). The van der Waals surface area contributed by atoms with Gasteiger partial charge in [-0.15, -0.1) is 0 Å². The third-order valence-electron chi connectivity index (χ3n) is 4.23. The molecule has 0 radical (unpaired) electrons. The van der Waals surface area contributed by atoms with Gasteiger partial charge in [0, 0.05) is 5.92 Å². The van der Waals surface area contributed by atoms with E-state index in [4.69, 9.17) is 14.2 Å². The molecule has 2 heterocycles. The molecule has 0 amide bonds. The number of fused-ring (bicyclic) bond motifs is 3. The lowest BCUT2D eigenvalue weighted by atomic mass is 9.89. The second-order valence-corrected chi connectivity index (χ2v) is 6.22. The van der Waals surface area contributed by atoms with Crippen LogP contribution in [0.5, 0.6) is 0 Å². The summed E-state index contributed by atoms with van der Waals surface area (Å²) < 4.78 is 17.5. The molecule has 1 aliphatic carbocycles. The second-order valence-electron chi connectivity index (χ2n) is 6.22. The number of aliphatic hydroxyl groups excluding tert-OH is 1. The maximum atomic E-state index is 10.1. The van der Waals surface area contributed by atoms with Crippen molar-refractivity contribution in [3.05, 3.63) is 0 Å². The van der Waals surface area contributed by atoms with Crippen LogP contribution in [0.1, 0.15) is 40.0 Å². The van der Waals surface area contributed by atoms with Crippen molar-refractivity contribution in [3.8, 4) is 0 Å². The number of hydrogen-bond donors (Lipinski definition) is 1. The van der Waals surface area contributed by atoms with Crippen LogP contribution in [0.25, 0.3) is 0 Å². The highest BCUT2D eigenvalue weighted by Crippen LogP contribution is 2.46. The summed E-state index contributed by atoms with van der Waals surface area (Å²) in [4.78, 5) is 0. The van der Waals surface area contributed by atoms with E-state index in [0.717, 1.165) is 19.3 Å². The van der Waals surface area contributed by atoms with Gasteiger partial charge in [0.1, 0.15) is 6.10 Å². The molecular formula is C13H22O4. The molecule has 17 heavy (non-hydrogen) atoms. The molecule has 1 saturated carbocycles. The highest BCUT2D eigenvalue weighted by atomic mass is 16.8. The molecule has 2 saturated heterocycles. The van der Waals surface area contributed by atoms with E-state index in [1.54, 1.807) is 0 Å². The molecule has 0 bridgehead atoms. The molecule has 2 aliphatic heterocycles. The third-order valence-corrected chi connectivity index (χ3v) is 4.23. The molecule has 4 heteroatoms. The Hall–Kier alpha value is -0.160. The van der Waals surface area contributed by atoms with Crippen molar-refractivity contribution in [2.45, 2.75) is 70.4 Å². The van der Waals surface area contributed by atoms with Crippen LogP contribution in [-0.2, 0) is 14.2 Å². The molecule has 6 atom stereocenters. The van der Waals surface area contributed by atoms with Gasteiger partial charge in [0.15, 0.2) is 12.1 Å². The predicted molar refractivity (Wildman–Crippen MR) is 61.2 cm³/mol. The van der Waals surface area contributed by atoms with Crippen molar-refractivity contribution < 1.29 is 19.3 Å². The van der Waals surface area contributed by atoms with E-state index in [0.29, 0.717) is 5.92 Å². The fourth-order valence-electron chi connectivity index (χ4n) is 3.44. The fraction of sp³-hybridized carbons (Fsp3) is 1.00. The molecule has 0 aromatic rings. The summed E-state index contributed by atoms with van der Waals surface area (Å²) in [5.74, 6) is 0.337. The van der Waals surface area contributed by atoms with E-state index in [9.17, 15) is 5.11 Å². The number of aliphatic hydroxyl groups is 1. The Morgan fingerprint density at radius 1 is 1.12 bits per heavy atom.